The highest BCUT2D eigenvalue weighted by atomic mass is 35.5. The number of halogens is 1. The second kappa shape index (κ2) is 8.42. The number of fused-ring (bicyclic) bond motifs is 5. The first-order valence-corrected chi connectivity index (χ1v) is 14.5. The number of ketones is 1. The zero-order valence-corrected chi connectivity index (χ0v) is 22.1. The molecule has 4 aliphatic rings. The maximum atomic E-state index is 13.2. The molecule has 3 unspecified atom stereocenters. The highest BCUT2D eigenvalue weighted by Crippen LogP contribution is 2.66. The zero-order valence-electron chi connectivity index (χ0n) is 20.6. The average Bonchev–Trinajstić information content (AvgIpc) is 3.10. The van der Waals surface area contributed by atoms with Gasteiger partial charge in [0.05, 0.1) is 15.5 Å². The molecule has 7 atom stereocenters. The average molecular weight is 520 g/mol. The lowest BCUT2D eigenvalue weighted by Gasteiger charge is -2.59. The first-order valence-electron chi connectivity index (χ1n) is 12.6. The van der Waals surface area contributed by atoms with Gasteiger partial charge in [0.1, 0.15) is 6.10 Å². The van der Waals surface area contributed by atoms with Gasteiger partial charge in [0.15, 0.2) is 5.78 Å². The van der Waals surface area contributed by atoms with Crippen molar-refractivity contribution in [2.24, 2.45) is 39.6 Å². The molecule has 0 bridgehead atoms. The molecule has 2 N–H and O–H groups in total. The van der Waals surface area contributed by atoms with Crippen molar-refractivity contribution in [1.29, 1.82) is 0 Å². The number of sulfonamides is 1. The predicted molar refractivity (Wildman–Crippen MR) is 133 cm³/mol. The van der Waals surface area contributed by atoms with Gasteiger partial charge in [0.25, 0.3) is 0 Å². The molecule has 0 saturated heterocycles. The van der Waals surface area contributed by atoms with Gasteiger partial charge >= 0.3 is 5.97 Å². The Kier molecular flexibility index (Phi) is 6.01. The maximum Gasteiger partial charge on any atom is 0.339 e. The van der Waals surface area contributed by atoms with E-state index in [4.69, 9.17) is 21.5 Å². The molecule has 5 rings (SSSR count). The van der Waals surface area contributed by atoms with Crippen LogP contribution >= 0.6 is 11.6 Å². The molecule has 1 aromatic rings. The van der Waals surface area contributed by atoms with Gasteiger partial charge in [-0.2, -0.15) is 0 Å². The second-order valence-electron chi connectivity index (χ2n) is 11.7. The number of hydrogen-bond donors (Lipinski definition) is 1. The smallest absolute Gasteiger partial charge is 0.339 e. The lowest BCUT2D eigenvalue weighted by atomic mass is 9.45. The van der Waals surface area contributed by atoms with Gasteiger partial charge in [-0.05, 0) is 91.9 Å². The fourth-order valence-electron chi connectivity index (χ4n) is 8.08. The Morgan fingerprint density at radius 1 is 1.14 bits per heavy atom. The van der Waals surface area contributed by atoms with Gasteiger partial charge in [0.2, 0.25) is 10.0 Å². The summed E-state index contributed by atoms with van der Waals surface area (Å²) in [5, 5.41) is 5.39. The van der Waals surface area contributed by atoms with E-state index in [1.165, 1.54) is 23.8 Å². The molecule has 35 heavy (non-hydrogen) atoms. The fraction of sp³-hybridized carbons (Fsp3) is 0.630. The molecule has 0 aliphatic heterocycles. The predicted octanol–water partition coefficient (Wildman–Crippen LogP) is 5.29. The number of benzene rings is 1. The van der Waals surface area contributed by atoms with E-state index in [1.807, 2.05) is 6.08 Å². The van der Waals surface area contributed by atoms with Crippen LogP contribution in [0.1, 0.15) is 76.1 Å². The van der Waals surface area contributed by atoms with Crippen LogP contribution in [0, 0.1) is 34.5 Å². The minimum Gasteiger partial charge on any atom is -0.458 e. The fourth-order valence-corrected chi connectivity index (χ4v) is 8.82. The minimum atomic E-state index is -3.96. The van der Waals surface area contributed by atoms with Gasteiger partial charge in [-0.1, -0.05) is 37.9 Å². The van der Waals surface area contributed by atoms with E-state index >= 15 is 0 Å². The van der Waals surface area contributed by atoms with E-state index in [1.54, 1.807) is 0 Å². The molecule has 190 valence electrons. The molecule has 8 heteroatoms. The number of rotatable bonds is 3. The number of carbonyl (C=O) groups is 2. The number of hydrogen-bond acceptors (Lipinski definition) is 5. The topological polar surface area (TPSA) is 104 Å². The molecular weight excluding hydrogens is 486 g/mol. The van der Waals surface area contributed by atoms with E-state index in [0.717, 1.165) is 38.5 Å². The zero-order chi connectivity index (χ0) is 25.3. The third kappa shape index (κ3) is 3.98. The van der Waals surface area contributed by atoms with Crippen LogP contribution in [0.3, 0.4) is 0 Å². The molecule has 6 nitrogen and oxygen atoms in total. The monoisotopic (exact) mass is 519 g/mol. The number of ether oxygens (including phenoxy) is 1. The Morgan fingerprint density at radius 3 is 2.60 bits per heavy atom. The lowest BCUT2D eigenvalue weighted by Crippen LogP contribution is -2.54. The number of carbonyl (C=O) groups excluding carboxylic acids is 2. The van der Waals surface area contributed by atoms with Crippen LogP contribution in [-0.2, 0) is 19.6 Å². The second-order valence-corrected chi connectivity index (χ2v) is 13.7. The normalized spacial score (nSPS) is 38.7. The quantitative estimate of drug-likeness (QED) is 0.546. The van der Waals surface area contributed by atoms with Crippen molar-refractivity contribution >= 4 is 33.4 Å². The molecule has 1 aromatic carbocycles. The summed E-state index contributed by atoms with van der Waals surface area (Å²) >= 11 is 6.23. The molecule has 4 aliphatic carbocycles. The van der Waals surface area contributed by atoms with Crippen molar-refractivity contribution in [2.75, 3.05) is 0 Å². The summed E-state index contributed by atoms with van der Waals surface area (Å²) in [6, 6.07) is 3.86. The molecule has 0 radical (unpaired) electrons. The molecule has 0 aromatic heterocycles. The largest absolute Gasteiger partial charge is 0.458 e. The van der Waals surface area contributed by atoms with E-state index < -0.39 is 16.0 Å². The van der Waals surface area contributed by atoms with Crippen LogP contribution in [0.5, 0.6) is 0 Å². The van der Waals surface area contributed by atoms with Crippen LogP contribution in [0.25, 0.3) is 0 Å². The highest BCUT2D eigenvalue weighted by Gasteiger charge is 2.61. The Bertz CT molecular complexity index is 1230. The molecule has 0 amide bonds. The Morgan fingerprint density at radius 2 is 1.89 bits per heavy atom. The molecule has 3 saturated carbocycles. The summed E-state index contributed by atoms with van der Waals surface area (Å²) in [5.41, 5.74) is 1.32. The number of allylic oxidation sites excluding steroid dienone is 1. The van der Waals surface area contributed by atoms with Crippen LogP contribution in [0.15, 0.2) is 34.7 Å². The first kappa shape index (κ1) is 25.0. The molecule has 0 spiro atoms. The summed E-state index contributed by atoms with van der Waals surface area (Å²) < 4.78 is 29.6. The van der Waals surface area contributed by atoms with Crippen molar-refractivity contribution in [1.82, 2.24) is 0 Å². The Hall–Kier alpha value is -1.70. The Labute approximate surface area is 212 Å². The van der Waals surface area contributed by atoms with Crippen LogP contribution in [-0.4, -0.2) is 26.3 Å². The standard InChI is InChI=1S/C27H34ClNO5S/c1-15-12-16-13-17(30)8-10-26(16,2)21-9-11-27(3)20(24(15)21)5-7-23(27)34-25(31)19-14-18(35(29,32)33)4-6-22(19)28/h4,6,13-15,20-21,23-24H,5,7-12H2,1-3H3,(H2,29,32,33)/t15-,20?,21?,23+,24?,26+,27+/m1/s1. The van der Waals surface area contributed by atoms with Crippen molar-refractivity contribution in [3.05, 3.63) is 40.4 Å². The highest BCUT2D eigenvalue weighted by molar-refractivity contribution is 7.89. The molecular formula is C27H34ClNO5S. The third-order valence-corrected chi connectivity index (χ3v) is 11.2. The lowest BCUT2D eigenvalue weighted by molar-refractivity contribution is -0.119. The van der Waals surface area contributed by atoms with E-state index in [-0.39, 0.29) is 38.2 Å². The number of primary sulfonamides is 1. The van der Waals surface area contributed by atoms with Gasteiger partial charge in [-0.15, -0.1) is 0 Å². The summed E-state index contributed by atoms with van der Waals surface area (Å²) in [6.07, 6.45) is 8.03. The van der Waals surface area contributed by atoms with Crippen molar-refractivity contribution in [3.63, 3.8) is 0 Å². The molecule has 0 heterocycles. The summed E-state index contributed by atoms with van der Waals surface area (Å²) in [4.78, 5) is 25.1. The van der Waals surface area contributed by atoms with Crippen LogP contribution < -0.4 is 5.14 Å². The van der Waals surface area contributed by atoms with Crippen LogP contribution in [0.4, 0.5) is 0 Å². The van der Waals surface area contributed by atoms with Crippen molar-refractivity contribution in [3.8, 4) is 0 Å². The Balaban J connectivity index is 1.40. The third-order valence-electron chi connectivity index (χ3n) is 9.96. The summed E-state index contributed by atoms with van der Waals surface area (Å²) in [7, 11) is -3.96. The summed E-state index contributed by atoms with van der Waals surface area (Å²) in [6.45, 7) is 6.94. The van der Waals surface area contributed by atoms with Gasteiger partial charge < -0.3 is 4.74 Å². The van der Waals surface area contributed by atoms with Gasteiger partial charge in [-0.25, -0.2) is 18.4 Å². The number of esters is 1. The van der Waals surface area contributed by atoms with Crippen molar-refractivity contribution in [2.45, 2.75) is 76.7 Å². The van der Waals surface area contributed by atoms with Gasteiger partial charge in [0, 0.05) is 11.8 Å². The summed E-state index contributed by atoms with van der Waals surface area (Å²) in [5.74, 6) is 1.65. The SMILES string of the molecule is C[C@@H]1CC2=CC(=O)CC[C@]2(C)C2CC[C@@]3(C)C(CC[C@@H]3OC(=O)c3cc(S(N)(=O)=O)ccc3Cl)C21. The number of nitrogens with two attached hydrogens (primary N) is 1. The van der Waals surface area contributed by atoms with Crippen molar-refractivity contribution < 1.29 is 22.7 Å². The van der Waals surface area contributed by atoms with E-state index in [9.17, 15) is 18.0 Å². The van der Waals surface area contributed by atoms with Gasteiger partial charge in [-0.3, -0.25) is 4.79 Å². The van der Waals surface area contributed by atoms with Crippen LogP contribution in [0.2, 0.25) is 5.02 Å². The van der Waals surface area contributed by atoms with E-state index in [0.29, 0.717) is 30.1 Å². The first-order chi connectivity index (χ1) is 16.3. The maximum absolute atomic E-state index is 13.2. The van der Waals surface area contributed by atoms with E-state index in [2.05, 4.69) is 20.8 Å². The minimum absolute atomic E-state index is 0.0270. The molecule has 3 fully saturated rings.